The molecule has 1 amide bonds. The highest BCUT2D eigenvalue weighted by Gasteiger charge is 2.34. The number of carbonyl (C=O) groups excluding carboxylic acids is 1. The van der Waals surface area contributed by atoms with Crippen LogP contribution >= 0.6 is 0 Å². The molecule has 1 aromatic carbocycles. The molecule has 0 saturated carbocycles. The van der Waals surface area contributed by atoms with Crippen molar-refractivity contribution in [3.63, 3.8) is 0 Å². The smallest absolute Gasteiger partial charge is 0.417 e. The highest BCUT2D eigenvalue weighted by atomic mass is 19.4. The maximum Gasteiger partial charge on any atom is 0.417 e. The minimum Gasteiger partial charge on any atom is -0.471 e. The van der Waals surface area contributed by atoms with Crippen LogP contribution in [0.25, 0.3) is 0 Å². The van der Waals surface area contributed by atoms with Crippen LogP contribution in [0.2, 0.25) is 0 Å². The third kappa shape index (κ3) is 3.71. The molecule has 1 saturated heterocycles. The summed E-state index contributed by atoms with van der Waals surface area (Å²) in [5.41, 5.74) is -0.0408. The Morgan fingerprint density at radius 2 is 2.04 bits per heavy atom. The average Bonchev–Trinajstić information content (AvgIpc) is 2.57. The van der Waals surface area contributed by atoms with Gasteiger partial charge in [0.15, 0.2) is 0 Å². The molecule has 0 N–H and O–H groups in total. The van der Waals surface area contributed by atoms with Crippen molar-refractivity contribution in [1.82, 2.24) is 9.88 Å². The highest BCUT2D eigenvalue weighted by molar-refractivity contribution is 5.95. The zero-order chi connectivity index (χ0) is 18.0. The first-order valence-electron chi connectivity index (χ1n) is 7.36. The van der Waals surface area contributed by atoms with E-state index in [9.17, 15) is 18.0 Å². The summed E-state index contributed by atoms with van der Waals surface area (Å²) in [5, 5.41) is 8.86. The van der Waals surface area contributed by atoms with Crippen molar-refractivity contribution in [1.29, 1.82) is 5.26 Å². The number of rotatable bonds is 3. The maximum absolute atomic E-state index is 12.5. The largest absolute Gasteiger partial charge is 0.471 e. The molecule has 25 heavy (non-hydrogen) atoms. The van der Waals surface area contributed by atoms with Crippen LogP contribution in [-0.2, 0) is 6.18 Å². The summed E-state index contributed by atoms with van der Waals surface area (Å²) in [6.07, 6.45) is -4.06. The third-order valence-electron chi connectivity index (χ3n) is 3.72. The Bertz CT molecular complexity index is 822. The van der Waals surface area contributed by atoms with Gasteiger partial charge in [-0.3, -0.25) is 4.79 Å². The molecule has 0 spiro atoms. The zero-order valence-corrected chi connectivity index (χ0v) is 12.8. The van der Waals surface area contributed by atoms with Gasteiger partial charge >= 0.3 is 6.18 Å². The number of carbonyl (C=O) groups is 1. The Kier molecular flexibility index (Phi) is 4.31. The van der Waals surface area contributed by atoms with Gasteiger partial charge in [0.05, 0.1) is 30.3 Å². The minimum absolute atomic E-state index is 0.0802. The summed E-state index contributed by atoms with van der Waals surface area (Å²) in [4.78, 5) is 17.4. The van der Waals surface area contributed by atoms with Gasteiger partial charge in [0, 0.05) is 17.8 Å². The first-order chi connectivity index (χ1) is 11.9. The van der Waals surface area contributed by atoms with E-state index in [4.69, 9.17) is 10.00 Å². The van der Waals surface area contributed by atoms with Crippen molar-refractivity contribution in [2.24, 2.45) is 0 Å². The van der Waals surface area contributed by atoms with Gasteiger partial charge in [-0.05, 0) is 24.3 Å². The van der Waals surface area contributed by atoms with Crippen LogP contribution in [0, 0.1) is 11.3 Å². The number of ether oxygens (including phenoxy) is 1. The van der Waals surface area contributed by atoms with Crippen LogP contribution in [0.3, 0.4) is 0 Å². The fraction of sp³-hybridized carbons (Fsp3) is 0.235. The number of aromatic nitrogens is 1. The van der Waals surface area contributed by atoms with Crippen LogP contribution in [0.5, 0.6) is 5.88 Å². The third-order valence-corrected chi connectivity index (χ3v) is 3.72. The summed E-state index contributed by atoms with van der Waals surface area (Å²) >= 11 is 0. The lowest BCUT2D eigenvalue weighted by Crippen LogP contribution is -2.56. The van der Waals surface area contributed by atoms with Crippen molar-refractivity contribution in [2.75, 3.05) is 13.1 Å². The monoisotopic (exact) mass is 347 g/mol. The van der Waals surface area contributed by atoms with Crippen LogP contribution in [0.1, 0.15) is 21.5 Å². The lowest BCUT2D eigenvalue weighted by atomic mass is 10.1. The Labute approximate surface area is 141 Å². The lowest BCUT2D eigenvalue weighted by molar-refractivity contribution is -0.137. The molecule has 5 nitrogen and oxygen atoms in total. The van der Waals surface area contributed by atoms with E-state index in [2.05, 4.69) is 4.98 Å². The van der Waals surface area contributed by atoms with Crippen LogP contribution in [0.4, 0.5) is 13.2 Å². The molecule has 0 radical (unpaired) electrons. The number of hydrogen-bond acceptors (Lipinski definition) is 4. The molecule has 8 heteroatoms. The summed E-state index contributed by atoms with van der Waals surface area (Å²) in [7, 11) is 0. The predicted molar refractivity (Wildman–Crippen MR) is 80.7 cm³/mol. The van der Waals surface area contributed by atoms with E-state index in [1.54, 1.807) is 18.2 Å². The van der Waals surface area contributed by atoms with E-state index in [0.29, 0.717) is 30.4 Å². The van der Waals surface area contributed by atoms with E-state index in [-0.39, 0.29) is 17.9 Å². The number of halogens is 3. The highest BCUT2D eigenvalue weighted by Crippen LogP contribution is 2.29. The molecule has 0 aliphatic carbocycles. The van der Waals surface area contributed by atoms with E-state index in [1.165, 1.54) is 11.0 Å². The number of alkyl halides is 3. The molecule has 2 heterocycles. The average molecular weight is 347 g/mol. The van der Waals surface area contributed by atoms with Gasteiger partial charge in [-0.25, -0.2) is 4.98 Å². The number of benzene rings is 1. The first kappa shape index (κ1) is 16.8. The normalized spacial score (nSPS) is 14.6. The second-order valence-electron chi connectivity index (χ2n) is 5.53. The number of nitriles is 1. The van der Waals surface area contributed by atoms with Crippen LogP contribution in [0.15, 0.2) is 42.6 Å². The molecule has 1 fully saturated rings. The van der Waals surface area contributed by atoms with E-state index < -0.39 is 11.7 Å². The lowest BCUT2D eigenvalue weighted by Gasteiger charge is -2.38. The summed E-state index contributed by atoms with van der Waals surface area (Å²) in [6, 6.07) is 10.4. The molecule has 1 aromatic heterocycles. The Hall–Kier alpha value is -3.08. The van der Waals surface area contributed by atoms with E-state index >= 15 is 0 Å². The molecular weight excluding hydrogens is 335 g/mol. The van der Waals surface area contributed by atoms with E-state index in [0.717, 1.165) is 12.1 Å². The second kappa shape index (κ2) is 6.43. The van der Waals surface area contributed by atoms with Crippen molar-refractivity contribution >= 4 is 5.91 Å². The summed E-state index contributed by atoms with van der Waals surface area (Å²) < 4.78 is 42.9. The predicted octanol–water partition coefficient (Wildman–Crippen LogP) is 2.88. The van der Waals surface area contributed by atoms with Crippen molar-refractivity contribution in [3.05, 3.63) is 59.3 Å². The number of amides is 1. The van der Waals surface area contributed by atoms with Gasteiger partial charge in [0.2, 0.25) is 5.88 Å². The molecule has 1 aliphatic heterocycles. The minimum atomic E-state index is -4.44. The standard InChI is InChI=1S/C17H12F3N3O2/c18-17(19,20)13-4-5-15(22-8-13)25-14-9-23(10-14)16(24)12-3-1-2-11(6-12)7-21/h1-6,8,14H,9-10H2. The van der Waals surface area contributed by atoms with Crippen molar-refractivity contribution < 1.29 is 22.7 Å². The van der Waals surface area contributed by atoms with Gasteiger partial charge in [0.25, 0.3) is 5.91 Å². The number of nitrogens with zero attached hydrogens (tertiary/aromatic N) is 3. The van der Waals surface area contributed by atoms with Gasteiger partial charge in [-0.2, -0.15) is 18.4 Å². The van der Waals surface area contributed by atoms with Crippen LogP contribution < -0.4 is 4.74 Å². The second-order valence-corrected chi connectivity index (χ2v) is 5.53. The summed E-state index contributed by atoms with van der Waals surface area (Å²) in [5.74, 6) is -0.145. The molecule has 0 unspecified atom stereocenters. The zero-order valence-electron chi connectivity index (χ0n) is 12.8. The van der Waals surface area contributed by atoms with Crippen molar-refractivity contribution in [2.45, 2.75) is 12.3 Å². The molecule has 1 aliphatic rings. The molecule has 3 rings (SSSR count). The maximum atomic E-state index is 12.5. The topological polar surface area (TPSA) is 66.2 Å². The number of hydrogen-bond donors (Lipinski definition) is 0. The molecular formula is C17H12F3N3O2. The Morgan fingerprint density at radius 1 is 1.28 bits per heavy atom. The fourth-order valence-electron chi connectivity index (χ4n) is 2.37. The van der Waals surface area contributed by atoms with Gasteiger partial charge in [0.1, 0.15) is 6.10 Å². The molecule has 2 aromatic rings. The van der Waals surface area contributed by atoms with Crippen LogP contribution in [-0.4, -0.2) is 35.0 Å². The number of pyridine rings is 1. The van der Waals surface area contributed by atoms with Gasteiger partial charge in [-0.15, -0.1) is 0 Å². The van der Waals surface area contributed by atoms with E-state index in [1.807, 2.05) is 6.07 Å². The SMILES string of the molecule is N#Cc1cccc(C(=O)N2CC(Oc3ccc(C(F)(F)F)cn3)C2)c1. The molecule has 0 bridgehead atoms. The quantitative estimate of drug-likeness (QED) is 0.856. The van der Waals surface area contributed by atoms with Crippen molar-refractivity contribution in [3.8, 4) is 11.9 Å². The first-order valence-corrected chi connectivity index (χ1v) is 7.36. The fourth-order valence-corrected chi connectivity index (χ4v) is 2.37. The Balaban J connectivity index is 1.56. The molecule has 128 valence electrons. The number of likely N-dealkylation sites (tertiary alicyclic amines) is 1. The Morgan fingerprint density at radius 3 is 2.64 bits per heavy atom. The summed E-state index contributed by atoms with van der Waals surface area (Å²) in [6.45, 7) is 0.608. The molecule has 0 atom stereocenters. The van der Waals surface area contributed by atoms with Gasteiger partial charge in [-0.1, -0.05) is 6.07 Å². The van der Waals surface area contributed by atoms with Gasteiger partial charge < -0.3 is 9.64 Å².